The Morgan fingerprint density at radius 3 is 2.35 bits per heavy atom. The molecule has 1 atom stereocenters. The van der Waals surface area contributed by atoms with Crippen molar-refractivity contribution in [3.05, 3.63) is 29.8 Å². The zero-order chi connectivity index (χ0) is 12.5. The highest BCUT2D eigenvalue weighted by molar-refractivity contribution is 5.48. The van der Waals surface area contributed by atoms with Crippen molar-refractivity contribution < 1.29 is 13.2 Å². The molecule has 1 saturated heterocycles. The Morgan fingerprint density at radius 1 is 1.24 bits per heavy atom. The first-order valence-corrected chi connectivity index (χ1v) is 5.63. The van der Waals surface area contributed by atoms with E-state index in [1.54, 1.807) is 0 Å². The number of nitrogens with two attached hydrogens (primary N) is 1. The van der Waals surface area contributed by atoms with Crippen LogP contribution < -0.4 is 10.6 Å². The maximum Gasteiger partial charge on any atom is 0.416 e. The van der Waals surface area contributed by atoms with Gasteiger partial charge in [0.05, 0.1) is 5.56 Å². The van der Waals surface area contributed by atoms with Gasteiger partial charge in [-0.05, 0) is 43.1 Å². The van der Waals surface area contributed by atoms with Gasteiger partial charge in [0, 0.05) is 18.8 Å². The van der Waals surface area contributed by atoms with Gasteiger partial charge in [-0.3, -0.25) is 0 Å². The Morgan fingerprint density at radius 2 is 1.88 bits per heavy atom. The molecule has 0 aromatic heterocycles. The van der Waals surface area contributed by atoms with Crippen molar-refractivity contribution in [1.82, 2.24) is 0 Å². The quantitative estimate of drug-likeness (QED) is 0.866. The summed E-state index contributed by atoms with van der Waals surface area (Å²) in [7, 11) is 0. The van der Waals surface area contributed by atoms with Crippen LogP contribution in [0.15, 0.2) is 24.3 Å². The minimum absolute atomic E-state index is 0.456. The molecule has 1 aliphatic heterocycles. The lowest BCUT2D eigenvalue weighted by Gasteiger charge is -2.19. The third-order valence-corrected chi connectivity index (χ3v) is 3.18. The largest absolute Gasteiger partial charge is 0.416 e. The first-order chi connectivity index (χ1) is 8.00. The van der Waals surface area contributed by atoms with Crippen LogP contribution in [-0.2, 0) is 6.18 Å². The first-order valence-electron chi connectivity index (χ1n) is 5.63. The molecule has 17 heavy (non-hydrogen) atoms. The van der Waals surface area contributed by atoms with Crippen molar-refractivity contribution in [2.45, 2.75) is 12.6 Å². The van der Waals surface area contributed by atoms with Gasteiger partial charge in [-0.15, -0.1) is 0 Å². The molecular weight excluding hydrogens is 229 g/mol. The molecule has 5 heteroatoms. The van der Waals surface area contributed by atoms with E-state index in [9.17, 15) is 13.2 Å². The summed E-state index contributed by atoms with van der Waals surface area (Å²) in [5.41, 5.74) is 5.82. The molecular formula is C12H15F3N2. The van der Waals surface area contributed by atoms with Crippen LogP contribution in [0.5, 0.6) is 0 Å². The van der Waals surface area contributed by atoms with Crippen LogP contribution in [-0.4, -0.2) is 19.6 Å². The van der Waals surface area contributed by atoms with Crippen molar-refractivity contribution in [2.75, 3.05) is 24.5 Å². The van der Waals surface area contributed by atoms with Crippen LogP contribution in [0.1, 0.15) is 12.0 Å². The highest BCUT2D eigenvalue weighted by Crippen LogP contribution is 2.31. The minimum atomic E-state index is -4.26. The number of hydrogen-bond donors (Lipinski definition) is 1. The SMILES string of the molecule is NCC1CCN(c2ccc(C(F)(F)F)cc2)C1. The van der Waals surface area contributed by atoms with E-state index in [-0.39, 0.29) is 0 Å². The van der Waals surface area contributed by atoms with Crippen molar-refractivity contribution in [2.24, 2.45) is 11.7 Å². The Hall–Kier alpha value is -1.23. The second-order valence-electron chi connectivity index (χ2n) is 4.38. The fourth-order valence-electron chi connectivity index (χ4n) is 2.12. The van der Waals surface area contributed by atoms with Gasteiger partial charge in [-0.2, -0.15) is 13.2 Å². The van der Waals surface area contributed by atoms with Gasteiger partial charge in [-0.25, -0.2) is 0 Å². The second kappa shape index (κ2) is 4.56. The molecule has 1 heterocycles. The second-order valence-corrected chi connectivity index (χ2v) is 4.38. The molecule has 0 spiro atoms. The van der Waals surface area contributed by atoms with Gasteiger partial charge in [0.2, 0.25) is 0 Å². The predicted molar refractivity (Wildman–Crippen MR) is 60.8 cm³/mol. The van der Waals surface area contributed by atoms with E-state index in [1.807, 2.05) is 0 Å². The average Bonchev–Trinajstić information content (AvgIpc) is 2.76. The summed E-state index contributed by atoms with van der Waals surface area (Å²) in [6, 6.07) is 5.32. The molecule has 0 bridgehead atoms. The fourth-order valence-corrected chi connectivity index (χ4v) is 2.12. The average molecular weight is 244 g/mol. The lowest BCUT2D eigenvalue weighted by atomic mass is 10.1. The molecule has 0 saturated carbocycles. The summed E-state index contributed by atoms with van der Waals surface area (Å²) in [5, 5.41) is 0. The molecule has 0 aliphatic carbocycles. The molecule has 2 N–H and O–H groups in total. The number of benzene rings is 1. The van der Waals surface area contributed by atoms with E-state index in [4.69, 9.17) is 5.73 Å². The highest BCUT2D eigenvalue weighted by atomic mass is 19.4. The highest BCUT2D eigenvalue weighted by Gasteiger charge is 2.30. The molecule has 1 aromatic carbocycles. The molecule has 1 fully saturated rings. The summed E-state index contributed by atoms with van der Waals surface area (Å²) in [6.07, 6.45) is -3.25. The number of alkyl halides is 3. The molecule has 1 aromatic rings. The van der Waals surface area contributed by atoms with Crippen molar-refractivity contribution in [1.29, 1.82) is 0 Å². The Balaban J connectivity index is 2.09. The van der Waals surface area contributed by atoms with Crippen LogP contribution in [0.4, 0.5) is 18.9 Å². The third-order valence-electron chi connectivity index (χ3n) is 3.18. The van der Waals surface area contributed by atoms with E-state index in [0.29, 0.717) is 12.5 Å². The lowest BCUT2D eigenvalue weighted by molar-refractivity contribution is -0.137. The fraction of sp³-hybridized carbons (Fsp3) is 0.500. The van der Waals surface area contributed by atoms with Gasteiger partial charge < -0.3 is 10.6 Å². The van der Waals surface area contributed by atoms with E-state index < -0.39 is 11.7 Å². The number of hydrogen-bond acceptors (Lipinski definition) is 2. The molecule has 94 valence electrons. The summed E-state index contributed by atoms with van der Waals surface area (Å²) >= 11 is 0. The molecule has 0 radical (unpaired) electrons. The summed E-state index contributed by atoms with van der Waals surface area (Å²) in [5.74, 6) is 0.456. The maximum atomic E-state index is 12.4. The van der Waals surface area contributed by atoms with Crippen molar-refractivity contribution >= 4 is 5.69 Å². The molecule has 2 rings (SSSR count). The van der Waals surface area contributed by atoms with E-state index >= 15 is 0 Å². The minimum Gasteiger partial charge on any atom is -0.371 e. The van der Waals surface area contributed by atoms with Gasteiger partial charge in [0.15, 0.2) is 0 Å². The number of halogens is 3. The monoisotopic (exact) mass is 244 g/mol. The van der Waals surface area contributed by atoms with Crippen LogP contribution in [0, 0.1) is 5.92 Å². The number of nitrogens with zero attached hydrogens (tertiary/aromatic N) is 1. The lowest BCUT2D eigenvalue weighted by Crippen LogP contribution is -2.22. The van der Waals surface area contributed by atoms with Crippen LogP contribution >= 0.6 is 0 Å². The smallest absolute Gasteiger partial charge is 0.371 e. The first kappa shape index (κ1) is 12.2. The third kappa shape index (κ3) is 2.72. The van der Waals surface area contributed by atoms with Crippen LogP contribution in [0.2, 0.25) is 0 Å². The summed E-state index contributed by atoms with van der Waals surface area (Å²) < 4.78 is 37.1. The van der Waals surface area contributed by atoms with Gasteiger partial charge in [0.25, 0.3) is 0 Å². The molecule has 2 nitrogen and oxygen atoms in total. The number of rotatable bonds is 2. The van der Waals surface area contributed by atoms with Crippen LogP contribution in [0.25, 0.3) is 0 Å². The zero-order valence-corrected chi connectivity index (χ0v) is 9.37. The predicted octanol–water partition coefficient (Wildman–Crippen LogP) is 2.49. The van der Waals surface area contributed by atoms with Gasteiger partial charge >= 0.3 is 6.18 Å². The van der Waals surface area contributed by atoms with Crippen LogP contribution in [0.3, 0.4) is 0 Å². The van der Waals surface area contributed by atoms with E-state index in [2.05, 4.69) is 4.90 Å². The van der Waals surface area contributed by atoms with Crippen molar-refractivity contribution in [3.63, 3.8) is 0 Å². The Kier molecular flexibility index (Phi) is 3.28. The Bertz CT molecular complexity index is 372. The molecule has 1 aliphatic rings. The normalized spacial score (nSPS) is 20.9. The molecule has 1 unspecified atom stereocenters. The summed E-state index contributed by atoms with van der Waals surface area (Å²) in [6.45, 7) is 2.34. The maximum absolute atomic E-state index is 12.4. The number of anilines is 1. The van der Waals surface area contributed by atoms with Gasteiger partial charge in [-0.1, -0.05) is 0 Å². The topological polar surface area (TPSA) is 29.3 Å². The zero-order valence-electron chi connectivity index (χ0n) is 9.37. The standard InChI is InChI=1S/C12H15F3N2/c13-12(14,15)10-1-3-11(4-2-10)17-6-5-9(7-16)8-17/h1-4,9H,5-8,16H2. The van der Waals surface area contributed by atoms with Gasteiger partial charge in [0.1, 0.15) is 0 Å². The van der Waals surface area contributed by atoms with E-state index in [0.717, 1.165) is 37.3 Å². The Labute approximate surface area is 98.2 Å². The van der Waals surface area contributed by atoms with E-state index in [1.165, 1.54) is 12.1 Å². The molecule has 0 amide bonds. The summed E-state index contributed by atoms with van der Waals surface area (Å²) in [4.78, 5) is 2.08. The van der Waals surface area contributed by atoms with Crippen molar-refractivity contribution in [3.8, 4) is 0 Å².